The van der Waals surface area contributed by atoms with Gasteiger partial charge in [0, 0.05) is 24.0 Å². The number of carbonyl (C=O) groups excluding carboxylic acids is 1. The van der Waals surface area contributed by atoms with Crippen LogP contribution in [0.1, 0.15) is 17.3 Å². The summed E-state index contributed by atoms with van der Waals surface area (Å²) in [5, 5.41) is 0. The molecular weight excluding hydrogens is 323 g/mol. The molecule has 0 saturated heterocycles. The van der Waals surface area contributed by atoms with E-state index in [0.29, 0.717) is 17.1 Å². The number of hydrogen-bond donors (Lipinski definition) is 0. The number of carbonyl (C=O) groups is 1. The minimum Gasteiger partial charge on any atom is -0.497 e. The molecule has 0 bridgehead atoms. The molecule has 0 aliphatic heterocycles. The highest BCUT2D eigenvalue weighted by Gasteiger charge is 2.12. The van der Waals surface area contributed by atoms with E-state index in [4.69, 9.17) is 9.47 Å². The number of ether oxygens (including phenoxy) is 2. The average molecular weight is 338 g/mol. The Morgan fingerprint density at radius 3 is 2.28 bits per heavy atom. The number of methoxy groups -OCH3 is 1. The van der Waals surface area contributed by atoms with Crippen LogP contribution in [0.4, 0.5) is 4.39 Å². The second-order valence-corrected chi connectivity index (χ2v) is 5.28. The number of hydrogen-bond acceptors (Lipinski definition) is 5. The Bertz CT molecular complexity index is 894. The van der Waals surface area contributed by atoms with Crippen molar-refractivity contribution in [1.82, 2.24) is 9.97 Å². The third kappa shape index (κ3) is 3.80. The molecule has 5 nitrogen and oxygen atoms in total. The van der Waals surface area contributed by atoms with E-state index in [1.165, 1.54) is 26.2 Å². The topological polar surface area (TPSA) is 61.3 Å². The van der Waals surface area contributed by atoms with Crippen molar-refractivity contribution in [3.05, 3.63) is 66.2 Å². The number of rotatable bonds is 5. The summed E-state index contributed by atoms with van der Waals surface area (Å²) in [6.45, 7) is 1.45. The van der Waals surface area contributed by atoms with E-state index in [2.05, 4.69) is 9.97 Å². The molecule has 0 N–H and O–H groups in total. The number of nitrogens with zero attached hydrogens (tertiary/aromatic N) is 2. The summed E-state index contributed by atoms with van der Waals surface area (Å²) in [6, 6.07) is 11.0. The summed E-state index contributed by atoms with van der Waals surface area (Å²) in [6.07, 6.45) is 3.15. The molecule has 0 saturated carbocycles. The molecule has 1 aromatic heterocycles. The maximum Gasteiger partial charge on any atom is 0.321 e. The number of Topliss-reactive ketones (excluding diaryl/α,β-unsaturated/α-hetero) is 1. The molecular formula is C19H15FN2O3. The van der Waals surface area contributed by atoms with Gasteiger partial charge in [-0.2, -0.15) is 0 Å². The van der Waals surface area contributed by atoms with Crippen LogP contribution in [-0.2, 0) is 0 Å². The molecule has 0 radical (unpaired) electrons. The number of ketones is 1. The van der Waals surface area contributed by atoms with Crippen molar-refractivity contribution >= 4 is 5.78 Å². The second-order valence-electron chi connectivity index (χ2n) is 5.28. The van der Waals surface area contributed by atoms with Gasteiger partial charge in [0.2, 0.25) is 0 Å². The van der Waals surface area contributed by atoms with Gasteiger partial charge < -0.3 is 9.47 Å². The van der Waals surface area contributed by atoms with Gasteiger partial charge in [-0.05, 0) is 36.8 Å². The van der Waals surface area contributed by atoms with E-state index in [0.717, 1.165) is 11.1 Å². The van der Waals surface area contributed by atoms with Gasteiger partial charge in [-0.15, -0.1) is 0 Å². The predicted octanol–water partition coefficient (Wildman–Crippen LogP) is 4.29. The van der Waals surface area contributed by atoms with E-state index in [-0.39, 0.29) is 17.6 Å². The molecule has 3 rings (SSSR count). The monoisotopic (exact) mass is 338 g/mol. The lowest BCUT2D eigenvalue weighted by Crippen LogP contribution is -2.00. The lowest BCUT2D eigenvalue weighted by Gasteiger charge is -2.10. The van der Waals surface area contributed by atoms with Gasteiger partial charge in [0.05, 0.1) is 12.7 Å². The van der Waals surface area contributed by atoms with Crippen molar-refractivity contribution < 1.29 is 18.7 Å². The van der Waals surface area contributed by atoms with E-state index >= 15 is 0 Å². The van der Waals surface area contributed by atoms with Crippen molar-refractivity contribution in [2.75, 3.05) is 7.11 Å². The van der Waals surface area contributed by atoms with Crippen LogP contribution >= 0.6 is 0 Å². The normalized spacial score (nSPS) is 10.4. The lowest BCUT2D eigenvalue weighted by atomic mass is 10.1. The summed E-state index contributed by atoms with van der Waals surface area (Å²) in [5.41, 5.74) is 1.93. The van der Waals surface area contributed by atoms with E-state index in [1.807, 2.05) is 0 Å². The zero-order chi connectivity index (χ0) is 17.8. The summed E-state index contributed by atoms with van der Waals surface area (Å²) >= 11 is 0. The Kier molecular flexibility index (Phi) is 4.70. The van der Waals surface area contributed by atoms with E-state index in [1.54, 1.807) is 42.7 Å². The van der Waals surface area contributed by atoms with Gasteiger partial charge >= 0.3 is 6.01 Å². The van der Waals surface area contributed by atoms with Crippen LogP contribution in [0.3, 0.4) is 0 Å². The fraction of sp³-hybridized carbons (Fsp3) is 0.105. The maximum absolute atomic E-state index is 13.0. The largest absolute Gasteiger partial charge is 0.497 e. The Labute approximate surface area is 144 Å². The number of halogens is 1. The van der Waals surface area contributed by atoms with Crippen LogP contribution < -0.4 is 9.47 Å². The molecule has 0 unspecified atom stereocenters. The van der Waals surface area contributed by atoms with Crippen LogP contribution in [-0.4, -0.2) is 22.9 Å². The summed E-state index contributed by atoms with van der Waals surface area (Å²) in [4.78, 5) is 20.0. The predicted molar refractivity (Wildman–Crippen MR) is 90.5 cm³/mol. The molecule has 3 aromatic rings. The van der Waals surface area contributed by atoms with Gasteiger partial charge in [0.25, 0.3) is 0 Å². The Morgan fingerprint density at radius 2 is 1.68 bits per heavy atom. The zero-order valence-corrected chi connectivity index (χ0v) is 13.7. The molecule has 25 heavy (non-hydrogen) atoms. The maximum atomic E-state index is 13.0. The molecule has 2 aromatic carbocycles. The summed E-state index contributed by atoms with van der Waals surface area (Å²) < 4.78 is 23.8. The van der Waals surface area contributed by atoms with Gasteiger partial charge in [-0.25, -0.2) is 14.4 Å². The van der Waals surface area contributed by atoms with Gasteiger partial charge in [0.15, 0.2) is 5.78 Å². The van der Waals surface area contributed by atoms with Crippen molar-refractivity contribution in [2.45, 2.75) is 6.92 Å². The Hall–Kier alpha value is -3.28. The van der Waals surface area contributed by atoms with Crippen molar-refractivity contribution in [3.63, 3.8) is 0 Å². The first-order valence-electron chi connectivity index (χ1n) is 7.51. The lowest BCUT2D eigenvalue weighted by molar-refractivity contribution is 0.101. The molecule has 1 heterocycles. The minimum absolute atomic E-state index is 0.0987. The van der Waals surface area contributed by atoms with E-state index < -0.39 is 0 Å². The van der Waals surface area contributed by atoms with Crippen molar-refractivity contribution in [2.24, 2.45) is 0 Å². The number of benzene rings is 2. The Balaban J connectivity index is 1.86. The Morgan fingerprint density at radius 1 is 1.00 bits per heavy atom. The molecule has 126 valence electrons. The molecule has 0 fully saturated rings. The average Bonchev–Trinajstić information content (AvgIpc) is 2.63. The quantitative estimate of drug-likeness (QED) is 0.650. The van der Waals surface area contributed by atoms with Crippen LogP contribution in [0, 0.1) is 5.82 Å². The molecule has 0 amide bonds. The zero-order valence-electron chi connectivity index (χ0n) is 13.7. The fourth-order valence-electron chi connectivity index (χ4n) is 2.26. The highest BCUT2D eigenvalue weighted by molar-refractivity contribution is 5.97. The first kappa shape index (κ1) is 16.6. The molecule has 0 aliphatic carbocycles. The summed E-state index contributed by atoms with van der Waals surface area (Å²) in [5.74, 6) is 0.435. The van der Waals surface area contributed by atoms with Gasteiger partial charge in [0.1, 0.15) is 17.3 Å². The third-order valence-corrected chi connectivity index (χ3v) is 3.58. The standard InChI is InChI=1S/C19H15FN2O3/c1-12(23)17-8-7-16(24-2)9-18(17)25-19-21-10-14(11-22-19)13-3-5-15(20)6-4-13/h3-11H,1-2H3. The summed E-state index contributed by atoms with van der Waals surface area (Å²) in [7, 11) is 1.53. The van der Waals surface area contributed by atoms with Crippen molar-refractivity contribution in [3.8, 4) is 28.6 Å². The highest BCUT2D eigenvalue weighted by Crippen LogP contribution is 2.29. The minimum atomic E-state index is -0.306. The SMILES string of the molecule is COc1ccc(C(C)=O)c(Oc2ncc(-c3ccc(F)cc3)cn2)c1. The van der Waals surface area contributed by atoms with Crippen molar-refractivity contribution in [1.29, 1.82) is 0 Å². The smallest absolute Gasteiger partial charge is 0.321 e. The van der Waals surface area contributed by atoms with Crippen LogP contribution in [0.2, 0.25) is 0 Å². The molecule has 0 atom stereocenters. The number of aromatic nitrogens is 2. The van der Waals surface area contributed by atoms with Crippen LogP contribution in [0.5, 0.6) is 17.5 Å². The van der Waals surface area contributed by atoms with Gasteiger partial charge in [-0.1, -0.05) is 12.1 Å². The first-order chi connectivity index (χ1) is 12.1. The first-order valence-corrected chi connectivity index (χ1v) is 7.51. The molecule has 6 heteroatoms. The van der Waals surface area contributed by atoms with Crippen LogP contribution in [0.15, 0.2) is 54.9 Å². The third-order valence-electron chi connectivity index (χ3n) is 3.58. The van der Waals surface area contributed by atoms with Crippen LogP contribution in [0.25, 0.3) is 11.1 Å². The molecule has 0 spiro atoms. The fourth-order valence-corrected chi connectivity index (χ4v) is 2.26. The molecule has 0 aliphatic rings. The highest BCUT2D eigenvalue weighted by atomic mass is 19.1. The van der Waals surface area contributed by atoms with Gasteiger partial charge in [-0.3, -0.25) is 4.79 Å². The van der Waals surface area contributed by atoms with E-state index in [9.17, 15) is 9.18 Å². The second kappa shape index (κ2) is 7.09.